The largest absolute Gasteiger partial charge is 0.405 e. The molecule has 2 aliphatic rings. The van der Waals surface area contributed by atoms with Gasteiger partial charge in [-0.15, -0.1) is 0 Å². The van der Waals surface area contributed by atoms with Gasteiger partial charge in [0.2, 0.25) is 5.90 Å². The van der Waals surface area contributed by atoms with Crippen molar-refractivity contribution in [2.75, 3.05) is 48.0 Å². The van der Waals surface area contributed by atoms with Gasteiger partial charge in [-0.05, 0) is 36.4 Å². The summed E-state index contributed by atoms with van der Waals surface area (Å²) in [6.07, 6.45) is 0. The van der Waals surface area contributed by atoms with Crippen molar-refractivity contribution in [3.8, 4) is 0 Å². The highest BCUT2D eigenvalue weighted by Gasteiger charge is 2.29. The van der Waals surface area contributed by atoms with Crippen molar-refractivity contribution >= 4 is 51.5 Å². The first-order chi connectivity index (χ1) is 19.6. The summed E-state index contributed by atoms with van der Waals surface area (Å²) in [4.78, 5) is 26.5. The van der Waals surface area contributed by atoms with E-state index in [9.17, 15) is 4.79 Å². The molecule has 0 saturated carbocycles. The number of morpholine rings is 1. The molecule has 10 heteroatoms. The Morgan fingerprint density at radius 3 is 2.55 bits per heavy atom. The van der Waals surface area contributed by atoms with Gasteiger partial charge >= 0.3 is 0 Å². The van der Waals surface area contributed by atoms with Crippen molar-refractivity contribution in [3.05, 3.63) is 90.6 Å². The van der Waals surface area contributed by atoms with Crippen LogP contribution in [0.3, 0.4) is 0 Å². The minimum atomic E-state index is -0.885. The van der Waals surface area contributed by atoms with Gasteiger partial charge in [-0.1, -0.05) is 48.5 Å². The third-order valence-corrected chi connectivity index (χ3v) is 6.94. The van der Waals surface area contributed by atoms with E-state index in [4.69, 9.17) is 25.6 Å². The molecule has 1 fully saturated rings. The van der Waals surface area contributed by atoms with Crippen molar-refractivity contribution in [2.45, 2.75) is 6.04 Å². The average molecular weight is 536 g/mol. The molecule has 1 aromatic heterocycles. The van der Waals surface area contributed by atoms with Crippen LogP contribution < -0.4 is 20.9 Å². The third-order valence-electron chi connectivity index (χ3n) is 6.94. The number of nitrogens with two attached hydrogens (primary N) is 1. The molecule has 4 N–H and O–H groups in total. The number of para-hydroxylation sites is 4. The second-order valence-electron chi connectivity index (χ2n) is 9.52. The summed E-state index contributed by atoms with van der Waals surface area (Å²) in [7, 11) is 0. The van der Waals surface area contributed by atoms with E-state index >= 15 is 0 Å². The number of hydrogen-bond donors (Lipinski definition) is 3. The van der Waals surface area contributed by atoms with E-state index in [1.165, 1.54) is 0 Å². The zero-order valence-electron chi connectivity index (χ0n) is 21.8. The van der Waals surface area contributed by atoms with Gasteiger partial charge in [0.05, 0.1) is 42.3 Å². The molecule has 0 radical (unpaired) electrons. The quantitative estimate of drug-likeness (QED) is 0.267. The SMILES string of the molecule is N=C(OC(N)=NC1CN(c2ccccc2)c2ccccc2NC1=O)c1nc2ccccc2cc1N1CCOCC1. The van der Waals surface area contributed by atoms with Crippen LogP contribution >= 0.6 is 0 Å². The average Bonchev–Trinajstić information content (AvgIpc) is 3.13. The molecule has 2 aliphatic heterocycles. The number of carbonyl (C=O) groups is 1. The summed E-state index contributed by atoms with van der Waals surface area (Å²) in [5, 5.41) is 12.7. The normalized spacial score (nSPS) is 17.6. The highest BCUT2D eigenvalue weighted by Crippen LogP contribution is 2.34. The van der Waals surface area contributed by atoms with Crippen LogP contribution in [0.25, 0.3) is 10.9 Å². The summed E-state index contributed by atoms with van der Waals surface area (Å²) in [5.74, 6) is -0.562. The number of fused-ring (bicyclic) bond motifs is 2. The van der Waals surface area contributed by atoms with Gasteiger partial charge in [0.1, 0.15) is 5.69 Å². The third kappa shape index (κ3) is 5.16. The Hall–Kier alpha value is -4.96. The molecule has 0 bridgehead atoms. The smallest absolute Gasteiger partial charge is 0.289 e. The van der Waals surface area contributed by atoms with Crippen LogP contribution in [0.4, 0.5) is 22.7 Å². The van der Waals surface area contributed by atoms with E-state index in [0.717, 1.165) is 28.0 Å². The fourth-order valence-corrected chi connectivity index (χ4v) is 4.99. The number of anilines is 4. The van der Waals surface area contributed by atoms with Crippen LogP contribution in [0, 0.1) is 5.41 Å². The Bertz CT molecular complexity index is 1590. The Morgan fingerprint density at radius 1 is 1.00 bits per heavy atom. The molecule has 3 heterocycles. The molecule has 202 valence electrons. The number of amides is 1. The van der Waals surface area contributed by atoms with Gasteiger partial charge in [-0.2, -0.15) is 0 Å². The van der Waals surface area contributed by atoms with E-state index < -0.39 is 6.04 Å². The fraction of sp³-hybridized carbons (Fsp3) is 0.200. The Morgan fingerprint density at radius 2 is 1.73 bits per heavy atom. The number of hydrogen-bond acceptors (Lipinski definition) is 8. The Labute approximate surface area is 231 Å². The minimum absolute atomic E-state index is 0.234. The van der Waals surface area contributed by atoms with Gasteiger partial charge < -0.3 is 30.3 Å². The van der Waals surface area contributed by atoms with E-state index in [1.807, 2.05) is 89.8 Å². The maximum Gasteiger partial charge on any atom is 0.289 e. The Balaban J connectivity index is 1.29. The molecular formula is C30H29N7O3. The van der Waals surface area contributed by atoms with Crippen molar-refractivity contribution in [3.63, 3.8) is 0 Å². The number of aliphatic imine (C=N–C) groups is 1. The number of ether oxygens (including phenoxy) is 2. The topological polar surface area (TPSA) is 129 Å². The van der Waals surface area contributed by atoms with Crippen molar-refractivity contribution < 1.29 is 14.3 Å². The van der Waals surface area contributed by atoms with Gasteiger partial charge in [-0.3, -0.25) is 10.2 Å². The number of nitrogens with zero attached hydrogens (tertiary/aromatic N) is 4. The molecule has 0 spiro atoms. The van der Waals surface area contributed by atoms with Crippen LogP contribution in [-0.2, 0) is 14.3 Å². The van der Waals surface area contributed by atoms with Gasteiger partial charge in [-0.25, -0.2) is 9.98 Å². The molecule has 0 aliphatic carbocycles. The molecule has 1 saturated heterocycles. The zero-order chi connectivity index (χ0) is 27.5. The Kier molecular flexibility index (Phi) is 6.98. The molecule has 1 amide bonds. The van der Waals surface area contributed by atoms with E-state index in [2.05, 4.69) is 15.2 Å². The molecule has 1 atom stereocenters. The molecular weight excluding hydrogens is 506 g/mol. The first-order valence-corrected chi connectivity index (χ1v) is 13.1. The van der Waals surface area contributed by atoms with Crippen LogP contribution in [0.15, 0.2) is 89.9 Å². The monoisotopic (exact) mass is 535 g/mol. The van der Waals surface area contributed by atoms with Crippen molar-refractivity contribution in [1.29, 1.82) is 5.41 Å². The minimum Gasteiger partial charge on any atom is -0.405 e. The standard InChI is InChI=1S/C30H29N7O3/c31-28(27-26(36-14-16-39-17-15-36)18-20-8-4-5-11-22(20)33-27)40-30(32)35-24-19-37(21-9-2-1-3-10-21)25-13-7-6-12-23(25)34-29(24)38/h1-13,18,24,31H,14-17,19H2,(H2,32,35)(H,34,38). The first-order valence-electron chi connectivity index (χ1n) is 13.1. The number of nitrogens with one attached hydrogen (secondary N) is 2. The number of benzene rings is 3. The summed E-state index contributed by atoms with van der Waals surface area (Å²) < 4.78 is 11.2. The van der Waals surface area contributed by atoms with E-state index in [1.54, 1.807) is 0 Å². The predicted octanol–water partition coefficient (Wildman–Crippen LogP) is 3.89. The number of aromatic nitrogens is 1. The summed E-state index contributed by atoms with van der Waals surface area (Å²) >= 11 is 0. The molecule has 40 heavy (non-hydrogen) atoms. The van der Waals surface area contributed by atoms with E-state index in [0.29, 0.717) is 37.7 Å². The molecule has 4 aromatic rings. The summed E-state index contributed by atoms with van der Waals surface area (Å²) in [6, 6.07) is 25.9. The first kappa shape index (κ1) is 25.3. The number of carbonyl (C=O) groups excluding carboxylic acids is 1. The fourth-order valence-electron chi connectivity index (χ4n) is 4.99. The van der Waals surface area contributed by atoms with Gasteiger partial charge in [0.25, 0.3) is 11.9 Å². The predicted molar refractivity (Wildman–Crippen MR) is 157 cm³/mol. The van der Waals surface area contributed by atoms with Crippen LogP contribution in [0.5, 0.6) is 0 Å². The van der Waals surface area contributed by atoms with Gasteiger partial charge in [0.15, 0.2) is 6.04 Å². The molecule has 6 rings (SSSR count). The second kappa shape index (κ2) is 11.0. The lowest BCUT2D eigenvalue weighted by atomic mass is 10.1. The maximum atomic E-state index is 13.2. The summed E-state index contributed by atoms with van der Waals surface area (Å²) in [5.41, 5.74) is 10.5. The highest BCUT2D eigenvalue weighted by molar-refractivity contribution is 6.05. The lowest BCUT2D eigenvalue weighted by Crippen LogP contribution is -2.38. The molecule has 3 aromatic carbocycles. The van der Waals surface area contributed by atoms with E-state index in [-0.39, 0.29) is 24.4 Å². The highest BCUT2D eigenvalue weighted by atomic mass is 16.5. The van der Waals surface area contributed by atoms with Gasteiger partial charge in [0, 0.05) is 24.2 Å². The van der Waals surface area contributed by atoms with Crippen LogP contribution in [0.2, 0.25) is 0 Å². The molecule has 1 unspecified atom stereocenters. The number of pyridine rings is 1. The lowest BCUT2D eigenvalue weighted by molar-refractivity contribution is -0.117. The van der Waals surface area contributed by atoms with Crippen LogP contribution in [-0.4, -0.2) is 61.7 Å². The lowest BCUT2D eigenvalue weighted by Gasteiger charge is -2.30. The van der Waals surface area contributed by atoms with Crippen LogP contribution in [0.1, 0.15) is 5.69 Å². The maximum absolute atomic E-state index is 13.2. The summed E-state index contributed by atoms with van der Waals surface area (Å²) in [6.45, 7) is 2.74. The number of amidine groups is 1. The second-order valence-corrected chi connectivity index (χ2v) is 9.52. The zero-order valence-corrected chi connectivity index (χ0v) is 21.8. The number of rotatable bonds is 4. The van der Waals surface area contributed by atoms with Crippen molar-refractivity contribution in [2.24, 2.45) is 10.7 Å². The molecule has 10 nitrogen and oxygen atoms in total. The van der Waals surface area contributed by atoms with Crippen molar-refractivity contribution in [1.82, 2.24) is 4.98 Å².